The summed E-state index contributed by atoms with van der Waals surface area (Å²) in [6, 6.07) is 4.77. The monoisotopic (exact) mass is 312 g/mol. The molecule has 0 bridgehead atoms. The molecule has 0 aliphatic carbocycles. The van der Waals surface area contributed by atoms with Gasteiger partial charge in [-0.3, -0.25) is 0 Å². The van der Waals surface area contributed by atoms with Crippen LogP contribution in [0.4, 0.5) is 4.79 Å². The van der Waals surface area contributed by atoms with Gasteiger partial charge in [0.2, 0.25) is 0 Å². The largest absolute Gasteiger partial charge is 0.479 e. The molecule has 6 nitrogen and oxygen atoms in total. The van der Waals surface area contributed by atoms with E-state index >= 15 is 0 Å². The van der Waals surface area contributed by atoms with Crippen molar-refractivity contribution >= 4 is 23.6 Å². The third kappa shape index (κ3) is 4.34. The molecule has 114 valence electrons. The lowest BCUT2D eigenvalue weighted by atomic mass is 10.1. The zero-order valence-electron chi connectivity index (χ0n) is 11.3. The van der Waals surface area contributed by atoms with Gasteiger partial charge in [0.25, 0.3) is 0 Å². The van der Waals surface area contributed by atoms with E-state index in [2.05, 4.69) is 10.6 Å². The molecule has 21 heavy (non-hydrogen) atoms. The molecule has 2 atom stereocenters. The van der Waals surface area contributed by atoms with Crippen LogP contribution in [-0.2, 0) is 9.53 Å². The number of carbonyl (C=O) groups is 2. The molecule has 1 heterocycles. The standard InChI is InChI=1S/C14H17ClN2O4/c15-11-6-2-1-5-10(11)12(13(18)19)17-14(20)16-8-9-4-3-7-21-9/h1-2,5-6,9,12H,3-4,7-8H2,(H,18,19)(H2,16,17,20)/t9?,12-/m1/s1. The molecular formula is C14H17ClN2O4. The highest BCUT2D eigenvalue weighted by Crippen LogP contribution is 2.22. The molecule has 1 aliphatic rings. The summed E-state index contributed by atoms with van der Waals surface area (Å²) < 4.78 is 5.38. The lowest BCUT2D eigenvalue weighted by Crippen LogP contribution is -2.43. The number of urea groups is 1. The minimum atomic E-state index is -1.19. The summed E-state index contributed by atoms with van der Waals surface area (Å²) in [4.78, 5) is 23.1. The van der Waals surface area contributed by atoms with Gasteiger partial charge in [0.05, 0.1) is 6.10 Å². The predicted octanol–water partition coefficient (Wildman–Crippen LogP) is 1.94. The summed E-state index contributed by atoms with van der Waals surface area (Å²) in [5, 5.41) is 14.6. The van der Waals surface area contributed by atoms with Crippen molar-refractivity contribution in [1.29, 1.82) is 0 Å². The number of amides is 2. The van der Waals surface area contributed by atoms with E-state index in [-0.39, 0.29) is 6.10 Å². The minimum absolute atomic E-state index is 0.000610. The first kappa shape index (κ1) is 15.6. The van der Waals surface area contributed by atoms with Gasteiger partial charge in [0, 0.05) is 23.7 Å². The van der Waals surface area contributed by atoms with Crippen LogP contribution in [0.15, 0.2) is 24.3 Å². The summed E-state index contributed by atoms with van der Waals surface area (Å²) in [6.07, 6.45) is 1.87. The molecule has 1 saturated heterocycles. The molecule has 1 fully saturated rings. The van der Waals surface area contributed by atoms with Gasteiger partial charge >= 0.3 is 12.0 Å². The molecular weight excluding hydrogens is 296 g/mol. The number of ether oxygens (including phenoxy) is 1. The van der Waals surface area contributed by atoms with Crippen molar-refractivity contribution in [1.82, 2.24) is 10.6 Å². The van der Waals surface area contributed by atoms with Crippen molar-refractivity contribution in [3.05, 3.63) is 34.9 Å². The summed E-state index contributed by atoms with van der Waals surface area (Å²) in [5.41, 5.74) is 0.346. The molecule has 0 radical (unpaired) electrons. The van der Waals surface area contributed by atoms with Crippen molar-refractivity contribution in [2.24, 2.45) is 0 Å². The average molecular weight is 313 g/mol. The van der Waals surface area contributed by atoms with Crippen LogP contribution in [-0.4, -0.2) is 36.4 Å². The number of halogens is 1. The van der Waals surface area contributed by atoms with E-state index in [9.17, 15) is 14.7 Å². The molecule has 2 amide bonds. The number of benzene rings is 1. The van der Waals surface area contributed by atoms with Crippen molar-refractivity contribution < 1.29 is 19.4 Å². The van der Waals surface area contributed by atoms with Crippen LogP contribution in [0.1, 0.15) is 24.4 Å². The topological polar surface area (TPSA) is 87.7 Å². The molecule has 0 saturated carbocycles. The Morgan fingerprint density at radius 2 is 2.19 bits per heavy atom. The van der Waals surface area contributed by atoms with Crippen molar-refractivity contribution in [2.75, 3.05) is 13.2 Å². The van der Waals surface area contributed by atoms with Gasteiger partial charge in [-0.2, -0.15) is 0 Å². The Bertz CT molecular complexity index is 517. The first-order chi connectivity index (χ1) is 10.1. The van der Waals surface area contributed by atoms with Gasteiger partial charge in [0.15, 0.2) is 6.04 Å². The minimum Gasteiger partial charge on any atom is -0.479 e. The zero-order valence-corrected chi connectivity index (χ0v) is 12.1. The lowest BCUT2D eigenvalue weighted by Gasteiger charge is -2.17. The molecule has 1 aromatic rings. The highest BCUT2D eigenvalue weighted by atomic mass is 35.5. The van der Waals surface area contributed by atoms with E-state index < -0.39 is 18.0 Å². The van der Waals surface area contributed by atoms with E-state index in [1.807, 2.05) is 0 Å². The molecule has 0 spiro atoms. The van der Waals surface area contributed by atoms with Gasteiger partial charge in [0.1, 0.15) is 0 Å². The summed E-state index contributed by atoms with van der Waals surface area (Å²) in [7, 11) is 0. The fourth-order valence-electron chi connectivity index (χ4n) is 2.18. The van der Waals surface area contributed by atoms with E-state index in [0.29, 0.717) is 23.7 Å². The van der Waals surface area contributed by atoms with E-state index in [1.54, 1.807) is 24.3 Å². The van der Waals surface area contributed by atoms with Crippen LogP contribution < -0.4 is 10.6 Å². The Morgan fingerprint density at radius 1 is 1.43 bits per heavy atom. The Kier molecular flexibility index (Phi) is 5.41. The van der Waals surface area contributed by atoms with Crippen LogP contribution in [0.2, 0.25) is 5.02 Å². The van der Waals surface area contributed by atoms with Gasteiger partial charge in [-0.15, -0.1) is 0 Å². The number of carbonyl (C=O) groups excluding carboxylic acids is 1. The van der Waals surface area contributed by atoms with Crippen LogP contribution in [0.3, 0.4) is 0 Å². The third-order valence-electron chi connectivity index (χ3n) is 3.25. The Hall–Kier alpha value is -1.79. The Morgan fingerprint density at radius 3 is 2.81 bits per heavy atom. The average Bonchev–Trinajstić information content (AvgIpc) is 2.96. The van der Waals surface area contributed by atoms with Crippen molar-refractivity contribution in [3.8, 4) is 0 Å². The second-order valence-electron chi connectivity index (χ2n) is 4.78. The van der Waals surface area contributed by atoms with E-state index in [0.717, 1.165) is 12.8 Å². The van der Waals surface area contributed by atoms with Crippen molar-refractivity contribution in [3.63, 3.8) is 0 Å². The fourth-order valence-corrected chi connectivity index (χ4v) is 2.42. The molecule has 1 unspecified atom stereocenters. The lowest BCUT2D eigenvalue weighted by molar-refractivity contribution is -0.139. The number of carboxylic acids is 1. The second kappa shape index (κ2) is 7.28. The van der Waals surface area contributed by atoms with E-state index in [1.165, 1.54) is 0 Å². The molecule has 7 heteroatoms. The maximum absolute atomic E-state index is 11.8. The molecule has 1 aromatic carbocycles. The Labute approximate surface area is 127 Å². The fraction of sp³-hybridized carbons (Fsp3) is 0.429. The highest BCUT2D eigenvalue weighted by Gasteiger charge is 2.24. The van der Waals surface area contributed by atoms with Crippen LogP contribution in [0.5, 0.6) is 0 Å². The predicted molar refractivity (Wildman–Crippen MR) is 77.3 cm³/mol. The van der Waals surface area contributed by atoms with Crippen molar-refractivity contribution in [2.45, 2.75) is 25.0 Å². The molecule has 0 aromatic heterocycles. The molecule has 1 aliphatic heterocycles. The number of hydrogen-bond acceptors (Lipinski definition) is 3. The second-order valence-corrected chi connectivity index (χ2v) is 5.19. The first-order valence-corrected chi connectivity index (χ1v) is 7.09. The molecule has 2 rings (SSSR count). The van der Waals surface area contributed by atoms with Crippen LogP contribution >= 0.6 is 11.6 Å². The maximum atomic E-state index is 11.8. The Balaban J connectivity index is 1.94. The number of carboxylic acid groups (broad SMARTS) is 1. The summed E-state index contributed by atoms with van der Waals surface area (Å²) >= 11 is 5.97. The number of nitrogens with one attached hydrogen (secondary N) is 2. The van der Waals surface area contributed by atoms with Gasteiger partial charge in [-0.05, 0) is 18.9 Å². The maximum Gasteiger partial charge on any atom is 0.331 e. The third-order valence-corrected chi connectivity index (χ3v) is 3.60. The van der Waals surface area contributed by atoms with Gasteiger partial charge in [-0.1, -0.05) is 29.8 Å². The normalized spacial score (nSPS) is 19.0. The summed E-state index contributed by atoms with van der Waals surface area (Å²) in [6.45, 7) is 1.06. The van der Waals surface area contributed by atoms with Crippen LogP contribution in [0, 0.1) is 0 Å². The number of hydrogen-bond donors (Lipinski definition) is 3. The highest BCUT2D eigenvalue weighted by molar-refractivity contribution is 6.31. The quantitative estimate of drug-likeness (QED) is 0.775. The number of aliphatic carboxylic acids is 1. The summed E-state index contributed by atoms with van der Waals surface area (Å²) in [5.74, 6) is -1.17. The van der Waals surface area contributed by atoms with E-state index in [4.69, 9.17) is 16.3 Å². The SMILES string of the molecule is O=C(NCC1CCCO1)N[C@@H](C(=O)O)c1ccccc1Cl. The first-order valence-electron chi connectivity index (χ1n) is 6.71. The zero-order chi connectivity index (χ0) is 15.2. The molecule has 3 N–H and O–H groups in total. The van der Waals surface area contributed by atoms with Crippen LogP contribution in [0.25, 0.3) is 0 Å². The number of rotatable bonds is 5. The van der Waals surface area contributed by atoms with Gasteiger partial charge in [-0.25, -0.2) is 9.59 Å². The smallest absolute Gasteiger partial charge is 0.331 e. The van der Waals surface area contributed by atoms with Gasteiger partial charge < -0.3 is 20.5 Å².